The fraction of sp³-hybridized carbons (Fsp3) is 1.00. The van der Waals surface area contributed by atoms with Crippen LogP contribution in [0.3, 0.4) is 0 Å². The molecule has 0 saturated carbocycles. The van der Waals surface area contributed by atoms with Crippen molar-refractivity contribution in [1.29, 1.82) is 0 Å². The Morgan fingerprint density at radius 3 is 2.33 bits per heavy atom. The molecule has 0 radical (unpaired) electrons. The van der Waals surface area contributed by atoms with E-state index in [0.717, 1.165) is 6.54 Å². The van der Waals surface area contributed by atoms with E-state index in [1.54, 1.807) is 0 Å². The highest BCUT2D eigenvalue weighted by Crippen LogP contribution is 2.32. The summed E-state index contributed by atoms with van der Waals surface area (Å²) >= 11 is 0. The maximum Gasteiger partial charge on any atom is 0.156 e. The first-order valence-corrected chi connectivity index (χ1v) is 6.32. The van der Waals surface area contributed by atoms with Crippen LogP contribution >= 0.6 is 24.8 Å². The summed E-state index contributed by atoms with van der Waals surface area (Å²) < 4.78 is 23.4. The van der Waals surface area contributed by atoms with Gasteiger partial charge in [-0.05, 0) is 14.1 Å². The van der Waals surface area contributed by atoms with Crippen molar-refractivity contribution in [2.75, 3.05) is 32.9 Å². The van der Waals surface area contributed by atoms with Crippen LogP contribution in [0.25, 0.3) is 0 Å². The van der Waals surface area contributed by atoms with Gasteiger partial charge in [-0.2, -0.15) is 0 Å². The minimum atomic E-state index is -2.82. The van der Waals surface area contributed by atoms with E-state index in [9.17, 15) is 8.42 Å². The van der Waals surface area contributed by atoms with Crippen LogP contribution in [0.15, 0.2) is 0 Å². The smallest absolute Gasteiger partial charge is 0.156 e. The average molecular weight is 277 g/mol. The zero-order valence-corrected chi connectivity index (χ0v) is 11.3. The van der Waals surface area contributed by atoms with Gasteiger partial charge in [-0.25, -0.2) is 8.42 Å². The van der Waals surface area contributed by atoms with Crippen molar-refractivity contribution < 1.29 is 8.42 Å². The van der Waals surface area contributed by atoms with Gasteiger partial charge in [0.15, 0.2) is 9.84 Å². The van der Waals surface area contributed by atoms with E-state index >= 15 is 0 Å². The Balaban J connectivity index is 0.000000980. The summed E-state index contributed by atoms with van der Waals surface area (Å²) in [4.78, 5) is 2.04. The molecule has 2 fully saturated rings. The normalized spacial score (nSPS) is 36.9. The van der Waals surface area contributed by atoms with Gasteiger partial charge in [0.1, 0.15) is 0 Å². The van der Waals surface area contributed by atoms with Crippen LogP contribution in [0.1, 0.15) is 0 Å². The molecule has 0 bridgehead atoms. The molecular formula is C8H18Cl2N2O2S. The largest absolute Gasteiger partial charge is 0.315 e. The van der Waals surface area contributed by atoms with Crippen molar-refractivity contribution in [3.8, 4) is 0 Å². The summed E-state index contributed by atoms with van der Waals surface area (Å²) in [6.45, 7) is 1.50. The number of halogens is 2. The van der Waals surface area contributed by atoms with Crippen LogP contribution < -0.4 is 5.32 Å². The molecule has 0 unspecified atom stereocenters. The molecular weight excluding hydrogens is 259 g/mol. The second-order valence-electron chi connectivity index (χ2n) is 4.22. The van der Waals surface area contributed by atoms with Crippen molar-refractivity contribution in [1.82, 2.24) is 10.2 Å². The van der Waals surface area contributed by atoms with E-state index < -0.39 is 9.84 Å². The average Bonchev–Trinajstić information content (AvgIpc) is 2.53. The Morgan fingerprint density at radius 2 is 1.80 bits per heavy atom. The predicted molar refractivity (Wildman–Crippen MR) is 65.9 cm³/mol. The number of hydrogen-bond acceptors (Lipinski definition) is 4. The van der Waals surface area contributed by atoms with Crippen molar-refractivity contribution in [2.24, 2.45) is 5.92 Å². The fourth-order valence-electron chi connectivity index (χ4n) is 2.47. The van der Waals surface area contributed by atoms with Gasteiger partial charge >= 0.3 is 0 Å². The van der Waals surface area contributed by atoms with Crippen molar-refractivity contribution in [3.63, 3.8) is 0 Å². The van der Waals surface area contributed by atoms with Gasteiger partial charge in [-0.15, -0.1) is 24.8 Å². The first kappa shape index (κ1) is 15.4. The van der Waals surface area contributed by atoms with E-state index in [4.69, 9.17) is 0 Å². The summed E-state index contributed by atoms with van der Waals surface area (Å²) in [5.74, 6) is 0.650. The third-order valence-electron chi connectivity index (χ3n) is 3.22. The Bertz CT molecular complexity index is 308. The van der Waals surface area contributed by atoms with E-state index in [1.165, 1.54) is 0 Å². The van der Waals surface area contributed by atoms with Crippen molar-refractivity contribution in [3.05, 3.63) is 0 Å². The molecule has 2 aliphatic rings. The molecule has 0 aliphatic carbocycles. The predicted octanol–water partition coefficient (Wildman–Crippen LogP) is -0.223. The van der Waals surface area contributed by atoms with Crippen LogP contribution in [0.2, 0.25) is 0 Å². The molecule has 0 aromatic heterocycles. The summed E-state index contributed by atoms with van der Waals surface area (Å²) in [6.07, 6.45) is 0. The van der Waals surface area contributed by atoms with Crippen LogP contribution in [0.5, 0.6) is 0 Å². The summed E-state index contributed by atoms with van der Waals surface area (Å²) in [6, 6.07) is 0.213. The summed E-state index contributed by atoms with van der Waals surface area (Å²) in [5.41, 5.74) is 0. The van der Waals surface area contributed by atoms with E-state index in [-0.39, 0.29) is 36.1 Å². The lowest BCUT2D eigenvalue weighted by molar-refractivity contribution is 0.256. The van der Waals surface area contributed by atoms with Gasteiger partial charge in [0, 0.05) is 25.0 Å². The SMILES string of the molecule is CN(C)[C@H]1CS(=O)(=O)[C@@H]2CNC[C@@H]21.Cl.Cl. The highest BCUT2D eigenvalue weighted by atomic mass is 35.5. The molecule has 4 nitrogen and oxygen atoms in total. The Labute approximate surface area is 104 Å². The third-order valence-corrected chi connectivity index (χ3v) is 5.47. The number of rotatable bonds is 1. The Kier molecular flexibility index (Phi) is 5.34. The zero-order valence-electron chi connectivity index (χ0n) is 8.84. The monoisotopic (exact) mass is 276 g/mol. The maximum absolute atomic E-state index is 11.7. The second-order valence-corrected chi connectivity index (χ2v) is 6.49. The van der Waals surface area contributed by atoms with Crippen LogP contribution in [-0.2, 0) is 9.84 Å². The summed E-state index contributed by atoms with van der Waals surface area (Å²) in [7, 11) is 1.10. The highest BCUT2D eigenvalue weighted by molar-refractivity contribution is 7.92. The van der Waals surface area contributed by atoms with Gasteiger partial charge in [-0.1, -0.05) is 0 Å². The molecule has 2 saturated heterocycles. The minimum absolute atomic E-state index is 0. The van der Waals surface area contributed by atoms with Crippen molar-refractivity contribution in [2.45, 2.75) is 11.3 Å². The molecule has 0 aromatic carbocycles. The van der Waals surface area contributed by atoms with Gasteiger partial charge < -0.3 is 10.2 Å². The Morgan fingerprint density at radius 1 is 1.20 bits per heavy atom. The molecule has 0 amide bonds. The van der Waals surface area contributed by atoms with E-state index in [1.807, 2.05) is 19.0 Å². The van der Waals surface area contributed by atoms with E-state index in [2.05, 4.69) is 5.32 Å². The maximum atomic E-state index is 11.7. The number of nitrogens with zero attached hydrogens (tertiary/aromatic N) is 1. The molecule has 1 N–H and O–H groups in total. The first-order chi connectivity index (χ1) is 6.02. The van der Waals surface area contributed by atoms with Crippen LogP contribution in [0.4, 0.5) is 0 Å². The Hall–Kier alpha value is 0.450. The topological polar surface area (TPSA) is 49.4 Å². The quantitative estimate of drug-likeness (QED) is 0.720. The fourth-order valence-corrected chi connectivity index (χ4v) is 4.92. The first-order valence-electron chi connectivity index (χ1n) is 4.61. The molecule has 2 heterocycles. The lowest BCUT2D eigenvalue weighted by Gasteiger charge is -2.23. The standard InChI is InChI=1S/C8H16N2O2S.2ClH/c1-10(2)7-5-13(11,12)8-4-9-3-6(7)8;;/h6-9H,3-5H2,1-2H3;2*1H/t6-,7+,8-;;/m1../s1. The van der Waals surface area contributed by atoms with Crippen LogP contribution in [-0.4, -0.2) is 57.5 Å². The van der Waals surface area contributed by atoms with E-state index in [0.29, 0.717) is 18.2 Å². The number of fused-ring (bicyclic) bond motifs is 1. The lowest BCUT2D eigenvalue weighted by Crippen LogP contribution is -2.36. The van der Waals surface area contributed by atoms with Gasteiger partial charge in [0.2, 0.25) is 0 Å². The molecule has 92 valence electrons. The number of nitrogens with one attached hydrogen (secondary N) is 1. The third kappa shape index (κ3) is 2.58. The molecule has 2 rings (SSSR count). The molecule has 15 heavy (non-hydrogen) atoms. The minimum Gasteiger partial charge on any atom is -0.315 e. The lowest BCUT2D eigenvalue weighted by atomic mass is 10.00. The highest BCUT2D eigenvalue weighted by Gasteiger charge is 2.50. The molecule has 0 spiro atoms. The molecule has 7 heteroatoms. The second kappa shape index (κ2) is 5.19. The zero-order chi connectivity index (χ0) is 9.64. The van der Waals surface area contributed by atoms with Crippen molar-refractivity contribution >= 4 is 34.7 Å². The van der Waals surface area contributed by atoms with Gasteiger partial charge in [0.05, 0.1) is 11.0 Å². The molecule has 2 aliphatic heterocycles. The molecule has 0 aromatic rings. The van der Waals surface area contributed by atoms with Gasteiger partial charge in [-0.3, -0.25) is 0 Å². The van der Waals surface area contributed by atoms with Gasteiger partial charge in [0.25, 0.3) is 0 Å². The molecule has 3 atom stereocenters. The van der Waals surface area contributed by atoms with Crippen LogP contribution in [0, 0.1) is 5.92 Å². The summed E-state index contributed by atoms with van der Waals surface area (Å²) in [5, 5.41) is 3.03. The number of sulfone groups is 1. The number of hydrogen-bond donors (Lipinski definition) is 1.